The van der Waals surface area contributed by atoms with Crippen molar-refractivity contribution >= 4 is 40.6 Å². The molecule has 3 amide bonds. The Labute approximate surface area is 192 Å². The van der Waals surface area contributed by atoms with Gasteiger partial charge in [0.05, 0.1) is 22.9 Å². The molecule has 172 valence electrons. The molecule has 2 aromatic rings. The molecule has 1 heterocycles. The molecule has 1 N–H and O–H groups in total. The second-order valence-corrected chi connectivity index (χ2v) is 8.02. The predicted octanol–water partition coefficient (Wildman–Crippen LogP) is 3.66. The number of imide groups is 1. The fourth-order valence-electron chi connectivity index (χ4n) is 2.96. The molecule has 9 nitrogen and oxygen atoms in total. The highest BCUT2D eigenvalue weighted by molar-refractivity contribution is 8.18. The van der Waals surface area contributed by atoms with Crippen molar-refractivity contribution in [3.05, 3.63) is 74.4 Å². The quantitative estimate of drug-likeness (QED) is 0.335. The van der Waals surface area contributed by atoms with Crippen LogP contribution in [0.1, 0.15) is 17.5 Å². The molecule has 0 bridgehead atoms. The first-order chi connectivity index (χ1) is 15.8. The van der Waals surface area contributed by atoms with Crippen LogP contribution in [0.4, 0.5) is 14.9 Å². The van der Waals surface area contributed by atoms with Gasteiger partial charge in [-0.25, -0.2) is 4.39 Å². The van der Waals surface area contributed by atoms with Gasteiger partial charge in [0.15, 0.2) is 5.75 Å². The zero-order valence-corrected chi connectivity index (χ0v) is 18.4. The number of amides is 3. The van der Waals surface area contributed by atoms with E-state index in [4.69, 9.17) is 4.74 Å². The molecule has 0 aromatic heterocycles. The standard InChI is InChI=1S/C22H20FN3O6S/c1-14-6-7-17(26(30)31)18(12-14)32-11-8-20(27)24-9-10-25-21(28)19(33-22(25)29)13-15-4-2-3-5-16(15)23/h2-7,12-13H,8-11H2,1H3,(H,24,27)/b19-13-. The number of benzene rings is 2. The minimum absolute atomic E-state index is 0.0223. The van der Waals surface area contributed by atoms with Gasteiger partial charge in [-0.1, -0.05) is 24.3 Å². The molecule has 11 heteroatoms. The summed E-state index contributed by atoms with van der Waals surface area (Å²) < 4.78 is 19.2. The lowest BCUT2D eigenvalue weighted by molar-refractivity contribution is -0.385. The molecule has 1 aliphatic rings. The maximum Gasteiger partial charge on any atom is 0.310 e. The lowest BCUT2D eigenvalue weighted by Crippen LogP contribution is -2.37. The molecular weight excluding hydrogens is 453 g/mol. The molecule has 33 heavy (non-hydrogen) atoms. The van der Waals surface area contributed by atoms with Crippen LogP contribution in [0.15, 0.2) is 47.4 Å². The fourth-order valence-corrected chi connectivity index (χ4v) is 3.82. The van der Waals surface area contributed by atoms with E-state index in [1.54, 1.807) is 19.1 Å². The summed E-state index contributed by atoms with van der Waals surface area (Å²) in [5, 5.41) is 13.1. The van der Waals surface area contributed by atoms with E-state index in [1.165, 1.54) is 36.4 Å². The van der Waals surface area contributed by atoms with E-state index < -0.39 is 27.8 Å². The number of carbonyl (C=O) groups excluding carboxylic acids is 3. The van der Waals surface area contributed by atoms with Crippen molar-refractivity contribution in [3.63, 3.8) is 0 Å². The average Bonchev–Trinajstić information content (AvgIpc) is 3.02. The van der Waals surface area contributed by atoms with Gasteiger partial charge in [0, 0.05) is 24.7 Å². The third kappa shape index (κ3) is 6.16. The van der Waals surface area contributed by atoms with Gasteiger partial charge >= 0.3 is 5.69 Å². The third-order valence-corrected chi connectivity index (χ3v) is 5.53. The van der Waals surface area contributed by atoms with Gasteiger partial charge in [-0.3, -0.25) is 29.4 Å². The molecule has 0 radical (unpaired) electrons. The van der Waals surface area contributed by atoms with Crippen molar-refractivity contribution < 1.29 is 28.4 Å². The minimum atomic E-state index is -0.564. The Morgan fingerprint density at radius 2 is 2.03 bits per heavy atom. The molecule has 2 aromatic carbocycles. The largest absolute Gasteiger partial charge is 0.486 e. The Kier molecular flexibility index (Phi) is 7.78. The monoisotopic (exact) mass is 473 g/mol. The molecule has 3 rings (SSSR count). The van der Waals surface area contributed by atoms with Crippen molar-refractivity contribution in [2.45, 2.75) is 13.3 Å². The zero-order chi connectivity index (χ0) is 24.0. The van der Waals surface area contributed by atoms with Crippen LogP contribution in [0.25, 0.3) is 6.08 Å². The Morgan fingerprint density at radius 1 is 1.27 bits per heavy atom. The van der Waals surface area contributed by atoms with E-state index in [-0.39, 0.29) is 48.0 Å². The topological polar surface area (TPSA) is 119 Å². The Bertz CT molecular complexity index is 1140. The van der Waals surface area contributed by atoms with Gasteiger partial charge in [-0.15, -0.1) is 0 Å². The van der Waals surface area contributed by atoms with Crippen LogP contribution in [-0.2, 0) is 9.59 Å². The zero-order valence-electron chi connectivity index (χ0n) is 17.6. The van der Waals surface area contributed by atoms with Crippen molar-refractivity contribution in [1.82, 2.24) is 10.2 Å². The Balaban J connectivity index is 1.47. The lowest BCUT2D eigenvalue weighted by Gasteiger charge is -2.13. The fraction of sp³-hybridized carbons (Fsp3) is 0.227. The number of rotatable bonds is 9. The number of hydrogen-bond donors (Lipinski definition) is 1. The summed E-state index contributed by atoms with van der Waals surface area (Å²) in [5.74, 6) is -1.39. The first-order valence-electron chi connectivity index (χ1n) is 9.90. The molecule has 1 saturated heterocycles. The van der Waals surface area contributed by atoms with Gasteiger partial charge in [0.1, 0.15) is 5.82 Å². The number of aryl methyl sites for hydroxylation is 1. The van der Waals surface area contributed by atoms with Crippen LogP contribution in [0.2, 0.25) is 0 Å². The van der Waals surface area contributed by atoms with Gasteiger partial charge in [-0.2, -0.15) is 0 Å². The molecule has 0 aliphatic carbocycles. The maximum atomic E-state index is 13.8. The van der Waals surface area contributed by atoms with Crippen molar-refractivity contribution in [2.24, 2.45) is 0 Å². The van der Waals surface area contributed by atoms with E-state index >= 15 is 0 Å². The second kappa shape index (κ2) is 10.7. The number of nitrogens with one attached hydrogen (secondary N) is 1. The number of halogens is 1. The van der Waals surface area contributed by atoms with Crippen LogP contribution in [0.3, 0.4) is 0 Å². The highest BCUT2D eigenvalue weighted by atomic mass is 32.2. The molecule has 0 atom stereocenters. The van der Waals surface area contributed by atoms with E-state index in [2.05, 4.69) is 5.32 Å². The molecule has 0 saturated carbocycles. The summed E-state index contributed by atoms with van der Waals surface area (Å²) in [6.45, 7) is 1.66. The van der Waals surface area contributed by atoms with Gasteiger partial charge in [0.2, 0.25) is 5.91 Å². The number of hydrogen-bond acceptors (Lipinski definition) is 7. The number of nitro groups is 1. The average molecular weight is 473 g/mol. The number of carbonyl (C=O) groups is 3. The summed E-state index contributed by atoms with van der Waals surface area (Å²) >= 11 is 0.705. The summed E-state index contributed by atoms with van der Waals surface area (Å²) in [7, 11) is 0. The number of nitrogens with zero attached hydrogens (tertiary/aromatic N) is 2. The van der Waals surface area contributed by atoms with E-state index in [0.29, 0.717) is 11.8 Å². The van der Waals surface area contributed by atoms with Crippen LogP contribution >= 0.6 is 11.8 Å². The normalized spacial score (nSPS) is 14.6. The molecule has 0 spiro atoms. The van der Waals surface area contributed by atoms with Gasteiger partial charge in [-0.05, 0) is 42.5 Å². The number of thioether (sulfide) groups is 1. The SMILES string of the molecule is Cc1ccc([N+](=O)[O-])c(OCCC(=O)NCCN2C(=O)S/C(=C\c3ccccc3F)C2=O)c1. The predicted molar refractivity (Wildman–Crippen MR) is 120 cm³/mol. The molecule has 0 unspecified atom stereocenters. The van der Waals surface area contributed by atoms with Crippen molar-refractivity contribution in [3.8, 4) is 5.75 Å². The summed E-state index contributed by atoms with van der Waals surface area (Å²) in [4.78, 5) is 48.2. The highest BCUT2D eigenvalue weighted by Gasteiger charge is 2.34. The molecule has 1 fully saturated rings. The number of ether oxygens (including phenoxy) is 1. The Morgan fingerprint density at radius 3 is 2.76 bits per heavy atom. The van der Waals surface area contributed by atoms with Gasteiger partial charge < -0.3 is 10.1 Å². The maximum absolute atomic E-state index is 13.8. The van der Waals surface area contributed by atoms with Crippen molar-refractivity contribution in [2.75, 3.05) is 19.7 Å². The summed E-state index contributed by atoms with van der Waals surface area (Å²) in [6, 6.07) is 10.3. The number of nitro benzene ring substituents is 1. The Hall–Kier alpha value is -3.73. The van der Waals surface area contributed by atoms with Crippen LogP contribution < -0.4 is 10.1 Å². The van der Waals surface area contributed by atoms with E-state index in [0.717, 1.165) is 10.5 Å². The third-order valence-electron chi connectivity index (χ3n) is 4.62. The lowest BCUT2D eigenvalue weighted by atomic mass is 10.2. The van der Waals surface area contributed by atoms with Crippen LogP contribution in [-0.4, -0.2) is 46.6 Å². The second-order valence-electron chi connectivity index (χ2n) is 7.03. The molecule has 1 aliphatic heterocycles. The smallest absolute Gasteiger partial charge is 0.310 e. The summed E-state index contributed by atoms with van der Waals surface area (Å²) in [6.07, 6.45) is 1.25. The minimum Gasteiger partial charge on any atom is -0.486 e. The van der Waals surface area contributed by atoms with Gasteiger partial charge in [0.25, 0.3) is 11.1 Å². The summed E-state index contributed by atoms with van der Waals surface area (Å²) in [5.41, 5.74) is 0.787. The first kappa shape index (κ1) is 23.9. The highest BCUT2D eigenvalue weighted by Crippen LogP contribution is 2.32. The van der Waals surface area contributed by atoms with Crippen LogP contribution in [0, 0.1) is 22.9 Å². The van der Waals surface area contributed by atoms with Crippen molar-refractivity contribution in [1.29, 1.82) is 0 Å². The van der Waals surface area contributed by atoms with E-state index in [9.17, 15) is 28.9 Å². The molecular formula is C22H20FN3O6S. The van der Waals surface area contributed by atoms with E-state index in [1.807, 2.05) is 0 Å². The first-order valence-corrected chi connectivity index (χ1v) is 10.7. The van der Waals surface area contributed by atoms with Crippen LogP contribution in [0.5, 0.6) is 5.75 Å².